The molecule has 0 fully saturated rings. The Morgan fingerprint density at radius 2 is 1.56 bits per heavy atom. The Balaban J connectivity index is 1.41. The van der Waals surface area contributed by atoms with E-state index in [9.17, 15) is 4.79 Å². The predicted octanol–water partition coefficient (Wildman–Crippen LogP) is 4.23. The SMILES string of the molecule is COc1ccc(-n2nnnc2SCC(=O)N2c3ccccc3CCc3ccccc32)cc1. The fourth-order valence-electron chi connectivity index (χ4n) is 3.89. The first-order chi connectivity index (χ1) is 15.7. The van der Waals surface area contributed by atoms with Gasteiger partial charge in [-0.25, -0.2) is 0 Å². The molecule has 5 rings (SSSR count). The molecular weight excluding hydrogens is 422 g/mol. The van der Waals surface area contributed by atoms with E-state index < -0.39 is 0 Å². The zero-order chi connectivity index (χ0) is 21.9. The van der Waals surface area contributed by atoms with Crippen molar-refractivity contribution in [3.63, 3.8) is 0 Å². The number of rotatable bonds is 5. The number of aromatic nitrogens is 4. The molecule has 0 saturated carbocycles. The molecule has 8 heteroatoms. The molecule has 0 spiro atoms. The number of aryl methyl sites for hydroxylation is 2. The van der Waals surface area contributed by atoms with Crippen molar-refractivity contribution in [3.8, 4) is 11.4 Å². The minimum Gasteiger partial charge on any atom is -0.497 e. The number of hydrogen-bond donors (Lipinski definition) is 0. The number of amides is 1. The number of thioether (sulfide) groups is 1. The van der Waals surface area contributed by atoms with Crippen molar-refractivity contribution in [1.29, 1.82) is 0 Å². The van der Waals surface area contributed by atoms with Crippen LogP contribution >= 0.6 is 11.8 Å². The van der Waals surface area contributed by atoms with Crippen molar-refractivity contribution in [3.05, 3.63) is 83.9 Å². The van der Waals surface area contributed by atoms with Crippen molar-refractivity contribution in [2.75, 3.05) is 17.8 Å². The number of methoxy groups -OCH3 is 1. The number of tetrazole rings is 1. The van der Waals surface area contributed by atoms with Crippen LogP contribution in [-0.2, 0) is 17.6 Å². The Hall–Kier alpha value is -3.65. The third kappa shape index (κ3) is 3.85. The third-order valence-electron chi connectivity index (χ3n) is 5.46. The summed E-state index contributed by atoms with van der Waals surface area (Å²) in [5, 5.41) is 12.6. The van der Waals surface area contributed by atoms with Gasteiger partial charge in [-0.2, -0.15) is 4.68 Å². The highest BCUT2D eigenvalue weighted by Crippen LogP contribution is 2.36. The zero-order valence-electron chi connectivity index (χ0n) is 17.5. The molecule has 3 aromatic carbocycles. The van der Waals surface area contributed by atoms with E-state index in [0.717, 1.165) is 35.7 Å². The van der Waals surface area contributed by atoms with Crippen molar-refractivity contribution in [1.82, 2.24) is 20.2 Å². The monoisotopic (exact) mass is 443 g/mol. The first kappa shape index (κ1) is 20.3. The van der Waals surface area contributed by atoms with E-state index in [1.165, 1.54) is 22.9 Å². The second-order valence-electron chi connectivity index (χ2n) is 7.35. The van der Waals surface area contributed by atoms with Gasteiger partial charge < -0.3 is 4.74 Å². The number of para-hydroxylation sites is 2. The lowest BCUT2D eigenvalue weighted by atomic mass is 10.0. The summed E-state index contributed by atoms with van der Waals surface area (Å²) in [5.41, 5.74) is 5.03. The minimum absolute atomic E-state index is 0.0129. The summed E-state index contributed by atoms with van der Waals surface area (Å²) in [5.74, 6) is 0.949. The summed E-state index contributed by atoms with van der Waals surface area (Å²) in [4.78, 5) is 15.4. The normalized spacial score (nSPS) is 12.6. The molecule has 0 N–H and O–H groups in total. The predicted molar refractivity (Wildman–Crippen MR) is 124 cm³/mol. The number of fused-ring (bicyclic) bond motifs is 2. The van der Waals surface area contributed by atoms with Gasteiger partial charge in [-0.3, -0.25) is 9.69 Å². The summed E-state index contributed by atoms with van der Waals surface area (Å²) in [6.07, 6.45) is 1.81. The van der Waals surface area contributed by atoms with Crippen LogP contribution in [0.1, 0.15) is 11.1 Å². The standard InChI is InChI=1S/C24H21N5O2S/c1-31-20-14-12-19(13-15-20)29-24(25-26-27-29)32-16-23(30)28-21-8-4-2-6-17(21)10-11-18-7-3-5-9-22(18)28/h2-9,12-15H,10-11,16H2,1H3. The third-order valence-corrected chi connectivity index (χ3v) is 6.36. The molecule has 0 saturated heterocycles. The van der Waals surface area contributed by atoms with Crippen LogP contribution < -0.4 is 9.64 Å². The molecule has 1 amide bonds. The van der Waals surface area contributed by atoms with Crippen LogP contribution in [0, 0.1) is 0 Å². The van der Waals surface area contributed by atoms with Gasteiger partial charge in [0.25, 0.3) is 0 Å². The summed E-state index contributed by atoms with van der Waals surface area (Å²) in [7, 11) is 1.62. The number of anilines is 2. The summed E-state index contributed by atoms with van der Waals surface area (Å²) in [6.45, 7) is 0. The first-order valence-electron chi connectivity index (χ1n) is 10.3. The molecule has 2 heterocycles. The van der Waals surface area contributed by atoms with Crippen LogP contribution in [0.5, 0.6) is 5.75 Å². The largest absolute Gasteiger partial charge is 0.497 e. The Morgan fingerprint density at radius 1 is 0.938 bits per heavy atom. The van der Waals surface area contributed by atoms with Gasteiger partial charge in [-0.1, -0.05) is 48.2 Å². The summed E-state index contributed by atoms with van der Waals surface area (Å²) < 4.78 is 6.84. The van der Waals surface area contributed by atoms with Gasteiger partial charge in [0.05, 0.1) is 29.9 Å². The van der Waals surface area contributed by atoms with E-state index in [-0.39, 0.29) is 11.7 Å². The molecule has 1 aliphatic rings. The van der Waals surface area contributed by atoms with Crippen LogP contribution in [0.2, 0.25) is 0 Å². The van der Waals surface area contributed by atoms with E-state index in [1.807, 2.05) is 65.6 Å². The van der Waals surface area contributed by atoms with Crippen molar-refractivity contribution < 1.29 is 9.53 Å². The van der Waals surface area contributed by atoms with E-state index in [0.29, 0.717) is 5.16 Å². The molecule has 1 aromatic heterocycles. The van der Waals surface area contributed by atoms with Gasteiger partial charge in [0.15, 0.2) is 0 Å². The lowest BCUT2D eigenvalue weighted by Crippen LogP contribution is -2.28. The van der Waals surface area contributed by atoms with Gasteiger partial charge >= 0.3 is 0 Å². The first-order valence-corrected chi connectivity index (χ1v) is 11.3. The summed E-state index contributed by atoms with van der Waals surface area (Å²) >= 11 is 1.32. The Kier molecular flexibility index (Phi) is 5.60. The molecule has 1 aliphatic heterocycles. The molecule has 0 aliphatic carbocycles. The van der Waals surface area contributed by atoms with Crippen molar-refractivity contribution >= 4 is 29.0 Å². The van der Waals surface area contributed by atoms with Gasteiger partial charge in [-0.15, -0.1) is 5.10 Å². The Labute approximate surface area is 190 Å². The fourth-order valence-corrected chi connectivity index (χ4v) is 4.63. The quantitative estimate of drug-likeness (QED) is 0.430. The molecule has 0 unspecified atom stereocenters. The van der Waals surface area contributed by atoms with E-state index in [1.54, 1.807) is 11.8 Å². The van der Waals surface area contributed by atoms with E-state index >= 15 is 0 Å². The lowest BCUT2D eigenvalue weighted by molar-refractivity contribution is -0.115. The van der Waals surface area contributed by atoms with Crippen LogP contribution in [-0.4, -0.2) is 39.0 Å². The van der Waals surface area contributed by atoms with E-state index in [4.69, 9.17) is 4.74 Å². The second-order valence-corrected chi connectivity index (χ2v) is 8.29. The number of benzene rings is 3. The number of nitrogens with zero attached hydrogens (tertiary/aromatic N) is 5. The highest BCUT2D eigenvalue weighted by atomic mass is 32.2. The fraction of sp³-hybridized carbons (Fsp3) is 0.167. The van der Waals surface area contributed by atoms with Gasteiger partial charge in [0.2, 0.25) is 11.1 Å². The second kappa shape index (κ2) is 8.84. The molecule has 0 atom stereocenters. The Morgan fingerprint density at radius 3 is 2.19 bits per heavy atom. The average molecular weight is 444 g/mol. The van der Waals surface area contributed by atoms with Gasteiger partial charge in [-0.05, 0) is 70.8 Å². The van der Waals surface area contributed by atoms with Crippen LogP contribution in [0.25, 0.3) is 5.69 Å². The number of carbonyl (C=O) groups is 1. The van der Waals surface area contributed by atoms with Crippen LogP contribution in [0.15, 0.2) is 78.0 Å². The maximum absolute atomic E-state index is 13.5. The highest BCUT2D eigenvalue weighted by molar-refractivity contribution is 7.99. The minimum atomic E-state index is -0.0129. The molecule has 0 bridgehead atoms. The summed E-state index contributed by atoms with van der Waals surface area (Å²) in [6, 6.07) is 23.7. The molecule has 0 radical (unpaired) electrons. The molecule has 32 heavy (non-hydrogen) atoms. The average Bonchev–Trinajstić information content (AvgIpc) is 3.24. The van der Waals surface area contributed by atoms with Crippen molar-refractivity contribution in [2.24, 2.45) is 0 Å². The van der Waals surface area contributed by atoms with Crippen LogP contribution in [0.4, 0.5) is 11.4 Å². The lowest BCUT2D eigenvalue weighted by Gasteiger charge is -2.24. The molecule has 7 nitrogen and oxygen atoms in total. The number of carbonyl (C=O) groups excluding carboxylic acids is 1. The molecule has 4 aromatic rings. The molecular formula is C24H21N5O2S. The maximum Gasteiger partial charge on any atom is 0.242 e. The Bertz CT molecular complexity index is 1210. The highest BCUT2D eigenvalue weighted by Gasteiger charge is 2.26. The topological polar surface area (TPSA) is 73.1 Å². The number of ether oxygens (including phenoxy) is 1. The van der Waals surface area contributed by atoms with Crippen LogP contribution in [0.3, 0.4) is 0 Å². The van der Waals surface area contributed by atoms with Crippen molar-refractivity contribution in [2.45, 2.75) is 18.0 Å². The number of hydrogen-bond acceptors (Lipinski definition) is 6. The van der Waals surface area contributed by atoms with Gasteiger partial charge in [0.1, 0.15) is 5.75 Å². The van der Waals surface area contributed by atoms with E-state index in [2.05, 4.69) is 27.7 Å². The molecule has 160 valence electrons. The maximum atomic E-state index is 13.5. The van der Waals surface area contributed by atoms with Gasteiger partial charge in [0, 0.05) is 0 Å². The smallest absolute Gasteiger partial charge is 0.242 e. The zero-order valence-corrected chi connectivity index (χ0v) is 18.3.